The summed E-state index contributed by atoms with van der Waals surface area (Å²) in [5.41, 5.74) is 0. The van der Waals surface area contributed by atoms with Crippen LogP contribution < -0.4 is 0 Å². The van der Waals surface area contributed by atoms with Gasteiger partial charge >= 0.3 is 17.9 Å². The average molecular weight is 1100 g/mol. The van der Waals surface area contributed by atoms with E-state index < -0.39 is 6.10 Å². The lowest BCUT2D eigenvalue weighted by Crippen LogP contribution is -2.30. The van der Waals surface area contributed by atoms with E-state index in [2.05, 4.69) is 191 Å². The molecule has 0 aromatic carbocycles. The number of unbranched alkanes of at least 4 members (excludes halogenated alkanes) is 17. The molecule has 0 N–H and O–H groups in total. The lowest BCUT2D eigenvalue weighted by atomic mass is 10.1. The Morgan fingerprint density at radius 1 is 0.263 bits per heavy atom. The fourth-order valence-corrected chi connectivity index (χ4v) is 8.18. The van der Waals surface area contributed by atoms with Crippen LogP contribution in [0.2, 0.25) is 0 Å². The van der Waals surface area contributed by atoms with E-state index in [9.17, 15) is 14.4 Å². The average Bonchev–Trinajstić information content (AvgIpc) is 3.46. The molecule has 448 valence electrons. The molecule has 6 nitrogen and oxygen atoms in total. The third-order valence-corrected chi connectivity index (χ3v) is 12.9. The molecule has 0 spiro atoms. The van der Waals surface area contributed by atoms with Gasteiger partial charge in [-0.15, -0.1) is 0 Å². The minimum atomic E-state index is -0.817. The molecule has 0 aromatic rings. The van der Waals surface area contributed by atoms with E-state index in [4.69, 9.17) is 14.2 Å². The van der Waals surface area contributed by atoms with E-state index in [0.717, 1.165) is 186 Å². The number of ether oxygens (including phenoxy) is 3. The molecular weight excluding hydrogens is 985 g/mol. The molecule has 0 amide bonds. The van der Waals surface area contributed by atoms with Gasteiger partial charge in [-0.25, -0.2) is 0 Å². The lowest BCUT2D eigenvalue weighted by molar-refractivity contribution is -0.167. The number of rotatable bonds is 56. The second-order valence-corrected chi connectivity index (χ2v) is 20.5. The van der Waals surface area contributed by atoms with Gasteiger partial charge in [0.05, 0.1) is 0 Å². The quantitative estimate of drug-likeness (QED) is 0.0261. The summed E-state index contributed by atoms with van der Waals surface area (Å²) in [7, 11) is 0. The van der Waals surface area contributed by atoms with Crippen molar-refractivity contribution in [3.63, 3.8) is 0 Å². The Kier molecular flexibility index (Phi) is 61.9. The van der Waals surface area contributed by atoms with Crippen LogP contribution in [0.25, 0.3) is 0 Å². The number of esters is 3. The van der Waals surface area contributed by atoms with Gasteiger partial charge in [0.2, 0.25) is 0 Å². The normalized spacial score (nSPS) is 13.3. The first-order chi connectivity index (χ1) is 39.5. The van der Waals surface area contributed by atoms with Crippen molar-refractivity contribution < 1.29 is 28.6 Å². The van der Waals surface area contributed by atoms with Crippen LogP contribution in [0.4, 0.5) is 0 Å². The van der Waals surface area contributed by atoms with Crippen LogP contribution in [0, 0.1) is 0 Å². The predicted molar refractivity (Wildman–Crippen MR) is 348 cm³/mol. The molecule has 0 aliphatic carbocycles. The minimum absolute atomic E-state index is 0.111. The zero-order chi connectivity index (χ0) is 57.8. The van der Waals surface area contributed by atoms with Crippen LogP contribution in [0.3, 0.4) is 0 Å². The van der Waals surface area contributed by atoms with E-state index in [1.807, 2.05) is 0 Å². The molecule has 0 saturated carbocycles. The van der Waals surface area contributed by atoms with Crippen LogP contribution in [-0.2, 0) is 28.6 Å². The highest BCUT2D eigenvalue weighted by atomic mass is 16.6. The van der Waals surface area contributed by atoms with Gasteiger partial charge in [-0.05, 0) is 154 Å². The third-order valence-electron chi connectivity index (χ3n) is 12.9. The lowest BCUT2D eigenvalue weighted by Gasteiger charge is -2.18. The molecule has 0 aliphatic rings. The monoisotopic (exact) mass is 1100 g/mol. The van der Waals surface area contributed by atoms with E-state index in [-0.39, 0.29) is 31.1 Å². The molecule has 1 atom stereocenters. The van der Waals surface area contributed by atoms with Crippen molar-refractivity contribution in [3.8, 4) is 0 Å². The van der Waals surface area contributed by atoms with Gasteiger partial charge in [-0.3, -0.25) is 14.4 Å². The second kappa shape index (κ2) is 66.3. The Balaban J connectivity index is 4.45. The Labute approximate surface area is 492 Å². The van der Waals surface area contributed by atoms with Gasteiger partial charge in [-0.1, -0.05) is 255 Å². The van der Waals surface area contributed by atoms with Crippen molar-refractivity contribution in [3.05, 3.63) is 170 Å². The maximum absolute atomic E-state index is 12.9. The van der Waals surface area contributed by atoms with Crippen LogP contribution in [0.15, 0.2) is 170 Å². The summed E-state index contributed by atoms with van der Waals surface area (Å²) >= 11 is 0. The van der Waals surface area contributed by atoms with Gasteiger partial charge in [-0.2, -0.15) is 0 Å². The summed E-state index contributed by atoms with van der Waals surface area (Å²) in [5.74, 6) is -0.979. The summed E-state index contributed by atoms with van der Waals surface area (Å²) in [4.78, 5) is 38.3. The molecule has 0 fully saturated rings. The van der Waals surface area contributed by atoms with Crippen LogP contribution >= 0.6 is 0 Å². The Bertz CT molecular complexity index is 1840. The topological polar surface area (TPSA) is 78.9 Å². The third kappa shape index (κ3) is 63.6. The number of hydrogen-bond acceptors (Lipinski definition) is 6. The van der Waals surface area contributed by atoms with Crippen molar-refractivity contribution in [1.29, 1.82) is 0 Å². The molecule has 6 heteroatoms. The van der Waals surface area contributed by atoms with Gasteiger partial charge in [0.15, 0.2) is 6.10 Å². The molecule has 1 unspecified atom stereocenters. The molecule has 0 heterocycles. The maximum atomic E-state index is 12.9. The number of hydrogen-bond donors (Lipinski definition) is 0. The zero-order valence-corrected chi connectivity index (χ0v) is 51.3. The second-order valence-electron chi connectivity index (χ2n) is 20.5. The maximum Gasteiger partial charge on any atom is 0.306 e. The molecule has 0 aliphatic heterocycles. The van der Waals surface area contributed by atoms with Gasteiger partial charge in [0.25, 0.3) is 0 Å². The highest BCUT2D eigenvalue weighted by Crippen LogP contribution is 2.13. The highest BCUT2D eigenvalue weighted by Gasteiger charge is 2.19. The molecular formula is C74H116O6. The van der Waals surface area contributed by atoms with Crippen LogP contribution in [-0.4, -0.2) is 37.2 Å². The van der Waals surface area contributed by atoms with E-state index in [0.29, 0.717) is 19.3 Å². The Morgan fingerprint density at radius 2 is 0.487 bits per heavy atom. The van der Waals surface area contributed by atoms with Crippen LogP contribution in [0.5, 0.6) is 0 Å². The van der Waals surface area contributed by atoms with E-state index in [1.165, 1.54) is 32.1 Å². The van der Waals surface area contributed by atoms with Crippen LogP contribution in [0.1, 0.15) is 258 Å². The SMILES string of the molecule is CC/C=C\C/C=C\C/C=C\C/C=C\C/C=C\C/C=C\C/C=C\C/C=C\C/C=C\CCCCCC(=O)OCC(COC(=O)CCCCCCC/C=C\C/C=C\C/C=C\CC)OC(=O)CCCCCCC/C=C\C/C=C\CCCCCC. The minimum Gasteiger partial charge on any atom is -0.462 e. The largest absolute Gasteiger partial charge is 0.462 e. The summed E-state index contributed by atoms with van der Waals surface area (Å²) < 4.78 is 16.9. The molecule has 80 heavy (non-hydrogen) atoms. The first-order valence-corrected chi connectivity index (χ1v) is 32.1. The van der Waals surface area contributed by atoms with Gasteiger partial charge in [0.1, 0.15) is 13.2 Å². The number of carbonyl (C=O) groups excluding carboxylic acids is 3. The summed E-state index contributed by atoms with van der Waals surface area (Å²) in [5, 5.41) is 0. The fourth-order valence-electron chi connectivity index (χ4n) is 8.18. The standard InChI is InChI=1S/C74H116O6/c1-4-7-10-13-16-19-22-25-28-30-31-32-33-34-35-36-37-38-39-40-41-42-43-44-47-49-52-55-58-61-64-67-73(76)79-70-71(69-78-72(75)66-63-60-57-54-51-48-45-27-24-21-18-15-12-9-6-3)80-74(77)68-65-62-59-56-53-50-46-29-26-23-20-17-14-11-8-5-2/h7,9-10,12,16,18-21,23,25,27-29,31-32,34-35,37-38,40-41,43-46,49,52,71H,4-6,8,11,13-15,17,22,24,26,30,33,36,39,42,47-48,50-51,53-70H2,1-3H3/b10-7-,12-9-,19-16-,21-18-,23-20-,28-25-,32-31-,35-34-,38-37-,41-40-,44-43-,45-27-,46-29-,52-49-. The van der Waals surface area contributed by atoms with Crippen molar-refractivity contribution >= 4 is 17.9 Å². The molecule has 0 rings (SSSR count). The van der Waals surface area contributed by atoms with Gasteiger partial charge < -0.3 is 14.2 Å². The molecule has 0 aromatic heterocycles. The van der Waals surface area contributed by atoms with E-state index >= 15 is 0 Å². The van der Waals surface area contributed by atoms with Crippen molar-refractivity contribution in [1.82, 2.24) is 0 Å². The molecule has 0 radical (unpaired) electrons. The van der Waals surface area contributed by atoms with E-state index in [1.54, 1.807) is 0 Å². The zero-order valence-electron chi connectivity index (χ0n) is 51.3. The summed E-state index contributed by atoms with van der Waals surface area (Å²) in [6.07, 6.45) is 97.8. The number of carbonyl (C=O) groups is 3. The Morgan fingerprint density at radius 3 is 0.775 bits per heavy atom. The smallest absolute Gasteiger partial charge is 0.306 e. The Hall–Kier alpha value is -5.23. The first-order valence-electron chi connectivity index (χ1n) is 32.1. The highest BCUT2D eigenvalue weighted by molar-refractivity contribution is 5.71. The fraction of sp³-hybridized carbons (Fsp3) is 0.581. The van der Waals surface area contributed by atoms with Crippen molar-refractivity contribution in [2.75, 3.05) is 13.2 Å². The van der Waals surface area contributed by atoms with Crippen molar-refractivity contribution in [2.45, 2.75) is 264 Å². The van der Waals surface area contributed by atoms with Crippen molar-refractivity contribution in [2.24, 2.45) is 0 Å². The summed E-state index contributed by atoms with van der Waals surface area (Å²) in [6, 6.07) is 0. The predicted octanol–water partition coefficient (Wildman–Crippen LogP) is 22.3. The first kappa shape index (κ1) is 74.8. The number of allylic oxidation sites excluding steroid dienone is 28. The summed E-state index contributed by atoms with van der Waals surface area (Å²) in [6.45, 7) is 6.33. The molecule has 0 bridgehead atoms. The molecule has 0 saturated heterocycles. The van der Waals surface area contributed by atoms with Gasteiger partial charge in [0, 0.05) is 19.3 Å².